The highest BCUT2D eigenvalue weighted by molar-refractivity contribution is 5.43. The number of aliphatic hydroxyl groups excluding tert-OH is 1. The van der Waals surface area contributed by atoms with Crippen LogP contribution in [0.2, 0.25) is 0 Å². The first-order valence-electron chi connectivity index (χ1n) is 4.49. The summed E-state index contributed by atoms with van der Waals surface area (Å²) in [5.74, 6) is -1.48. The molecule has 0 heterocycles. The highest BCUT2D eigenvalue weighted by Crippen LogP contribution is 2.32. The fourth-order valence-corrected chi connectivity index (χ4v) is 1.33. The lowest BCUT2D eigenvalue weighted by Crippen LogP contribution is -2.17. The topological polar surface area (TPSA) is 61.7 Å². The Hall–Kier alpha value is -1.33. The van der Waals surface area contributed by atoms with Gasteiger partial charge in [0.2, 0.25) is 5.82 Å². The summed E-state index contributed by atoms with van der Waals surface area (Å²) in [5, 5.41) is 21.5. The maximum absolute atomic E-state index is 13.4. The number of methoxy groups -OCH3 is 1. The second-order valence-electron chi connectivity index (χ2n) is 3.09. The van der Waals surface area contributed by atoms with Crippen LogP contribution in [0.1, 0.15) is 11.7 Å². The van der Waals surface area contributed by atoms with Crippen molar-refractivity contribution in [2.45, 2.75) is 6.10 Å². The second-order valence-corrected chi connectivity index (χ2v) is 3.09. The summed E-state index contributed by atoms with van der Waals surface area (Å²) in [5.41, 5.74) is 0.308. The first kappa shape index (κ1) is 11.7. The Balaban J connectivity index is 3.12. The first-order chi connectivity index (χ1) is 7.11. The van der Waals surface area contributed by atoms with Crippen molar-refractivity contribution in [1.82, 2.24) is 5.32 Å². The van der Waals surface area contributed by atoms with Gasteiger partial charge in [-0.25, -0.2) is 0 Å². The Labute approximate surface area is 87.3 Å². The molecule has 5 heteroatoms. The van der Waals surface area contributed by atoms with Gasteiger partial charge in [0.05, 0.1) is 13.2 Å². The molecule has 1 aromatic carbocycles. The molecule has 1 rings (SSSR count). The standard InChI is InChI=1S/C10H14FNO3/c1-12-5-8(14)6-3-4-7(13)9(11)10(6)15-2/h3-4,8,12-14H,5H2,1-2H3. The van der Waals surface area contributed by atoms with Crippen molar-refractivity contribution in [3.05, 3.63) is 23.5 Å². The van der Waals surface area contributed by atoms with Gasteiger partial charge >= 0.3 is 0 Å². The molecule has 0 saturated heterocycles. The first-order valence-corrected chi connectivity index (χ1v) is 4.49. The molecule has 1 unspecified atom stereocenters. The van der Waals surface area contributed by atoms with E-state index in [4.69, 9.17) is 9.84 Å². The van der Waals surface area contributed by atoms with E-state index in [0.29, 0.717) is 5.56 Å². The fourth-order valence-electron chi connectivity index (χ4n) is 1.33. The Kier molecular flexibility index (Phi) is 3.88. The molecule has 0 fully saturated rings. The molecule has 0 aliphatic heterocycles. The van der Waals surface area contributed by atoms with Gasteiger partial charge in [-0.15, -0.1) is 0 Å². The molecule has 0 aliphatic carbocycles. The largest absolute Gasteiger partial charge is 0.505 e. The van der Waals surface area contributed by atoms with Crippen molar-refractivity contribution in [2.75, 3.05) is 20.7 Å². The van der Waals surface area contributed by atoms with E-state index in [1.54, 1.807) is 7.05 Å². The molecule has 0 amide bonds. The zero-order valence-electron chi connectivity index (χ0n) is 8.62. The SMILES string of the molecule is CNCC(O)c1ccc(O)c(F)c1OC. The fraction of sp³-hybridized carbons (Fsp3) is 0.400. The van der Waals surface area contributed by atoms with Gasteiger partial charge in [0.25, 0.3) is 0 Å². The van der Waals surface area contributed by atoms with Crippen LogP contribution < -0.4 is 10.1 Å². The number of aromatic hydroxyl groups is 1. The molecule has 0 radical (unpaired) electrons. The predicted octanol–water partition coefficient (Wildman–Crippen LogP) is 0.793. The van der Waals surface area contributed by atoms with E-state index in [9.17, 15) is 9.50 Å². The third-order valence-corrected chi connectivity index (χ3v) is 2.07. The quantitative estimate of drug-likeness (QED) is 0.695. The third kappa shape index (κ3) is 2.37. The normalized spacial score (nSPS) is 12.5. The summed E-state index contributed by atoms with van der Waals surface area (Å²) in [6.07, 6.45) is -0.875. The highest BCUT2D eigenvalue weighted by Gasteiger charge is 2.18. The number of ether oxygens (including phenoxy) is 1. The minimum absolute atomic E-state index is 0.127. The number of hydrogen-bond donors (Lipinski definition) is 3. The van der Waals surface area contributed by atoms with Crippen LogP contribution in [0.25, 0.3) is 0 Å². The van der Waals surface area contributed by atoms with E-state index >= 15 is 0 Å². The van der Waals surface area contributed by atoms with Gasteiger partial charge in [-0.1, -0.05) is 0 Å². The minimum Gasteiger partial charge on any atom is -0.505 e. The Morgan fingerprint density at radius 2 is 2.20 bits per heavy atom. The van der Waals surface area contributed by atoms with Crippen LogP contribution in [0.15, 0.2) is 12.1 Å². The lowest BCUT2D eigenvalue weighted by molar-refractivity contribution is 0.172. The molecule has 0 saturated carbocycles. The number of halogens is 1. The van der Waals surface area contributed by atoms with Gasteiger partial charge in [-0.2, -0.15) is 4.39 Å². The van der Waals surface area contributed by atoms with Gasteiger partial charge in [-0.05, 0) is 19.2 Å². The number of aliphatic hydroxyl groups is 1. The highest BCUT2D eigenvalue weighted by atomic mass is 19.1. The lowest BCUT2D eigenvalue weighted by atomic mass is 10.1. The van der Waals surface area contributed by atoms with Crippen LogP contribution in [-0.2, 0) is 0 Å². The average molecular weight is 215 g/mol. The summed E-state index contributed by atoms with van der Waals surface area (Å²) in [4.78, 5) is 0. The van der Waals surface area contributed by atoms with Crippen LogP contribution >= 0.6 is 0 Å². The van der Waals surface area contributed by atoms with E-state index in [1.165, 1.54) is 19.2 Å². The molecular formula is C10H14FNO3. The van der Waals surface area contributed by atoms with Crippen LogP contribution in [-0.4, -0.2) is 30.9 Å². The third-order valence-electron chi connectivity index (χ3n) is 2.07. The van der Waals surface area contributed by atoms with E-state index < -0.39 is 17.7 Å². The molecule has 3 N–H and O–H groups in total. The van der Waals surface area contributed by atoms with Gasteiger partial charge < -0.3 is 20.3 Å². The van der Waals surface area contributed by atoms with E-state index in [-0.39, 0.29) is 12.3 Å². The second kappa shape index (κ2) is 4.95. The molecule has 0 aromatic heterocycles. The number of likely N-dealkylation sites (N-methyl/N-ethyl adjacent to an activating group) is 1. The van der Waals surface area contributed by atoms with Gasteiger partial charge in [0.15, 0.2) is 11.5 Å². The van der Waals surface area contributed by atoms with Crippen LogP contribution in [0.3, 0.4) is 0 Å². The number of hydrogen-bond acceptors (Lipinski definition) is 4. The molecule has 84 valence electrons. The number of rotatable bonds is 4. The molecule has 0 bridgehead atoms. The Morgan fingerprint density at radius 1 is 1.53 bits per heavy atom. The van der Waals surface area contributed by atoms with Crippen LogP contribution in [0, 0.1) is 5.82 Å². The zero-order chi connectivity index (χ0) is 11.4. The molecule has 15 heavy (non-hydrogen) atoms. The smallest absolute Gasteiger partial charge is 0.206 e. The van der Waals surface area contributed by atoms with Gasteiger partial charge in [-0.3, -0.25) is 0 Å². The molecule has 4 nitrogen and oxygen atoms in total. The van der Waals surface area contributed by atoms with Crippen molar-refractivity contribution in [3.63, 3.8) is 0 Å². The maximum atomic E-state index is 13.4. The molecule has 0 spiro atoms. The van der Waals surface area contributed by atoms with E-state index in [1.807, 2.05) is 0 Å². The summed E-state index contributed by atoms with van der Waals surface area (Å²) < 4.78 is 18.2. The molecule has 1 atom stereocenters. The van der Waals surface area contributed by atoms with E-state index in [0.717, 1.165) is 0 Å². The van der Waals surface area contributed by atoms with Crippen molar-refractivity contribution in [2.24, 2.45) is 0 Å². The van der Waals surface area contributed by atoms with Gasteiger partial charge in [0, 0.05) is 12.1 Å². The van der Waals surface area contributed by atoms with Crippen LogP contribution in [0.4, 0.5) is 4.39 Å². The average Bonchev–Trinajstić information content (AvgIpc) is 2.22. The Bertz CT molecular complexity index is 344. The van der Waals surface area contributed by atoms with Crippen LogP contribution in [0.5, 0.6) is 11.5 Å². The Morgan fingerprint density at radius 3 is 2.73 bits per heavy atom. The van der Waals surface area contributed by atoms with Crippen molar-refractivity contribution in [1.29, 1.82) is 0 Å². The number of benzene rings is 1. The zero-order valence-corrected chi connectivity index (χ0v) is 8.62. The maximum Gasteiger partial charge on any atom is 0.206 e. The molecule has 1 aromatic rings. The predicted molar refractivity (Wildman–Crippen MR) is 53.5 cm³/mol. The van der Waals surface area contributed by atoms with Gasteiger partial charge in [0.1, 0.15) is 0 Å². The summed E-state index contributed by atoms with van der Waals surface area (Å²) in [7, 11) is 2.96. The summed E-state index contributed by atoms with van der Waals surface area (Å²) >= 11 is 0. The summed E-state index contributed by atoms with van der Waals surface area (Å²) in [6, 6.07) is 2.62. The number of phenolic OH excluding ortho intramolecular Hbond substituents is 1. The monoisotopic (exact) mass is 215 g/mol. The molecular weight excluding hydrogens is 201 g/mol. The van der Waals surface area contributed by atoms with Crippen molar-refractivity contribution >= 4 is 0 Å². The number of phenols is 1. The van der Waals surface area contributed by atoms with Crippen molar-refractivity contribution < 1.29 is 19.3 Å². The van der Waals surface area contributed by atoms with Crippen molar-refractivity contribution in [3.8, 4) is 11.5 Å². The number of nitrogens with one attached hydrogen (secondary N) is 1. The summed E-state index contributed by atoms with van der Waals surface area (Å²) in [6.45, 7) is 0.278. The minimum atomic E-state index is -0.875. The van der Waals surface area contributed by atoms with E-state index in [2.05, 4.69) is 5.32 Å². The lowest BCUT2D eigenvalue weighted by Gasteiger charge is -2.15. The molecule has 0 aliphatic rings.